The number of alkyl halides is 3. The van der Waals surface area contributed by atoms with E-state index in [1.54, 1.807) is 17.4 Å². The maximum absolute atomic E-state index is 12.6. The second-order valence-corrected chi connectivity index (χ2v) is 8.54. The first-order chi connectivity index (χ1) is 13.0. The molecule has 28 heavy (non-hydrogen) atoms. The van der Waals surface area contributed by atoms with Crippen LogP contribution in [0.15, 0.2) is 29.2 Å². The summed E-state index contributed by atoms with van der Waals surface area (Å²) < 4.78 is 62.6. The Morgan fingerprint density at radius 1 is 1.11 bits per heavy atom. The number of amides is 2. The molecule has 2 amide bonds. The van der Waals surface area contributed by atoms with Crippen LogP contribution in [0.5, 0.6) is 0 Å². The van der Waals surface area contributed by atoms with Crippen LogP contribution in [-0.2, 0) is 19.6 Å². The molecule has 0 aromatic heterocycles. The topological polar surface area (TPSA) is 95.6 Å². The molecule has 0 atom stereocenters. The number of halogens is 3. The van der Waals surface area contributed by atoms with Crippen molar-refractivity contribution < 1.29 is 31.2 Å². The molecule has 156 valence electrons. The second-order valence-electron chi connectivity index (χ2n) is 6.60. The second kappa shape index (κ2) is 8.91. The van der Waals surface area contributed by atoms with Crippen LogP contribution in [0.2, 0.25) is 0 Å². The van der Waals surface area contributed by atoms with Crippen LogP contribution in [0.1, 0.15) is 18.4 Å². The summed E-state index contributed by atoms with van der Waals surface area (Å²) in [6.07, 6.45) is -3.99. The van der Waals surface area contributed by atoms with Crippen LogP contribution in [0.4, 0.5) is 13.2 Å². The van der Waals surface area contributed by atoms with Gasteiger partial charge in [0, 0.05) is 19.0 Å². The summed E-state index contributed by atoms with van der Waals surface area (Å²) in [5.41, 5.74) is 0.939. The van der Waals surface area contributed by atoms with Gasteiger partial charge in [0.15, 0.2) is 0 Å². The lowest BCUT2D eigenvalue weighted by Crippen LogP contribution is -2.45. The molecule has 0 radical (unpaired) electrons. The molecule has 2 rings (SSSR count). The number of hydrogen-bond acceptors (Lipinski definition) is 4. The molecule has 11 heteroatoms. The highest BCUT2D eigenvalue weighted by atomic mass is 32.2. The summed E-state index contributed by atoms with van der Waals surface area (Å²) in [6, 6.07) is 6.47. The predicted octanol–water partition coefficient (Wildman–Crippen LogP) is 1.19. The highest BCUT2D eigenvalue weighted by Crippen LogP contribution is 2.24. The van der Waals surface area contributed by atoms with Gasteiger partial charge in [0.2, 0.25) is 21.8 Å². The standard InChI is InChI=1S/C17H22F3N3O4S/c1-12-2-4-14(5-3-12)28(26,27)23-8-6-13(7-9-23)16(25)21-10-15(24)22-11-17(18,19)20/h2-5,13H,6-11H2,1H3,(H,21,25)(H,22,24). The lowest BCUT2D eigenvalue weighted by Gasteiger charge is -2.30. The average molecular weight is 421 g/mol. The minimum atomic E-state index is -4.52. The maximum Gasteiger partial charge on any atom is 0.405 e. The smallest absolute Gasteiger partial charge is 0.347 e. The molecule has 1 aliphatic rings. The minimum Gasteiger partial charge on any atom is -0.347 e. The Morgan fingerprint density at radius 2 is 1.68 bits per heavy atom. The van der Waals surface area contributed by atoms with Crippen LogP contribution in [0.25, 0.3) is 0 Å². The summed E-state index contributed by atoms with van der Waals surface area (Å²) in [4.78, 5) is 23.6. The monoisotopic (exact) mass is 421 g/mol. The Bertz CT molecular complexity index is 802. The minimum absolute atomic E-state index is 0.147. The molecule has 1 aliphatic heterocycles. The summed E-state index contributed by atoms with van der Waals surface area (Å²) >= 11 is 0. The van der Waals surface area contributed by atoms with Crippen molar-refractivity contribution in [2.45, 2.75) is 30.8 Å². The van der Waals surface area contributed by atoms with Crippen LogP contribution < -0.4 is 10.6 Å². The fourth-order valence-corrected chi connectivity index (χ4v) is 4.26. The van der Waals surface area contributed by atoms with Gasteiger partial charge in [-0.3, -0.25) is 9.59 Å². The van der Waals surface area contributed by atoms with Crippen molar-refractivity contribution in [1.82, 2.24) is 14.9 Å². The zero-order valence-corrected chi connectivity index (χ0v) is 16.1. The molecular weight excluding hydrogens is 399 g/mol. The van der Waals surface area contributed by atoms with E-state index < -0.39 is 47.0 Å². The number of hydrogen-bond donors (Lipinski definition) is 2. The van der Waals surface area contributed by atoms with Gasteiger partial charge in [-0.25, -0.2) is 8.42 Å². The molecule has 1 aromatic rings. The molecule has 1 saturated heterocycles. The number of nitrogens with one attached hydrogen (secondary N) is 2. The van der Waals surface area contributed by atoms with Crippen molar-refractivity contribution >= 4 is 21.8 Å². The van der Waals surface area contributed by atoms with Gasteiger partial charge in [0.25, 0.3) is 0 Å². The molecule has 0 bridgehead atoms. The molecule has 0 saturated carbocycles. The van der Waals surface area contributed by atoms with Gasteiger partial charge in [-0.2, -0.15) is 17.5 Å². The quantitative estimate of drug-likeness (QED) is 0.721. The van der Waals surface area contributed by atoms with Crippen molar-refractivity contribution in [2.75, 3.05) is 26.2 Å². The van der Waals surface area contributed by atoms with Crippen molar-refractivity contribution in [3.05, 3.63) is 29.8 Å². The first kappa shape index (κ1) is 22.2. The maximum atomic E-state index is 12.6. The van der Waals surface area contributed by atoms with Gasteiger partial charge in [0.05, 0.1) is 11.4 Å². The third-order valence-corrected chi connectivity index (χ3v) is 6.31. The van der Waals surface area contributed by atoms with Gasteiger partial charge in [-0.1, -0.05) is 17.7 Å². The number of carbonyl (C=O) groups is 2. The van der Waals surface area contributed by atoms with Gasteiger partial charge in [0.1, 0.15) is 6.54 Å². The number of carbonyl (C=O) groups excluding carboxylic acids is 2. The van der Waals surface area contributed by atoms with E-state index >= 15 is 0 Å². The largest absolute Gasteiger partial charge is 0.405 e. The van der Waals surface area contributed by atoms with E-state index in [-0.39, 0.29) is 30.8 Å². The average Bonchev–Trinajstić information content (AvgIpc) is 2.64. The highest BCUT2D eigenvalue weighted by Gasteiger charge is 2.32. The molecule has 2 N–H and O–H groups in total. The summed E-state index contributed by atoms with van der Waals surface area (Å²) in [5, 5.41) is 3.96. The number of nitrogens with zero attached hydrogens (tertiary/aromatic N) is 1. The number of sulfonamides is 1. The fourth-order valence-electron chi connectivity index (χ4n) is 2.79. The van der Waals surface area contributed by atoms with Crippen molar-refractivity contribution in [3.8, 4) is 0 Å². The zero-order valence-electron chi connectivity index (χ0n) is 15.3. The molecule has 1 fully saturated rings. The van der Waals surface area contributed by atoms with E-state index in [0.717, 1.165) is 5.56 Å². The predicted molar refractivity (Wildman–Crippen MR) is 94.7 cm³/mol. The first-order valence-electron chi connectivity index (χ1n) is 8.67. The molecule has 7 nitrogen and oxygen atoms in total. The normalized spacial score (nSPS) is 16.6. The van der Waals surface area contributed by atoms with E-state index in [9.17, 15) is 31.2 Å². The lowest BCUT2D eigenvalue weighted by molar-refractivity contribution is -0.138. The Hall–Kier alpha value is -2.14. The Kier molecular flexibility index (Phi) is 7.05. The third kappa shape index (κ3) is 6.20. The SMILES string of the molecule is Cc1ccc(S(=O)(=O)N2CCC(C(=O)NCC(=O)NCC(F)(F)F)CC2)cc1. The summed E-state index contributed by atoms with van der Waals surface area (Å²) in [7, 11) is -3.64. The van der Waals surface area contributed by atoms with E-state index in [4.69, 9.17) is 0 Å². The number of benzene rings is 1. The van der Waals surface area contributed by atoms with Crippen molar-refractivity contribution in [2.24, 2.45) is 5.92 Å². The molecule has 1 aromatic carbocycles. The van der Waals surface area contributed by atoms with Crippen LogP contribution in [0, 0.1) is 12.8 Å². The van der Waals surface area contributed by atoms with Crippen LogP contribution in [0.3, 0.4) is 0 Å². The Labute approximate surface area is 161 Å². The van der Waals surface area contributed by atoms with Gasteiger partial charge >= 0.3 is 6.18 Å². The van der Waals surface area contributed by atoms with Crippen molar-refractivity contribution in [1.29, 1.82) is 0 Å². The highest BCUT2D eigenvalue weighted by molar-refractivity contribution is 7.89. The molecule has 0 spiro atoms. The van der Waals surface area contributed by atoms with E-state index in [1.807, 2.05) is 6.92 Å². The van der Waals surface area contributed by atoms with E-state index in [1.165, 1.54) is 16.4 Å². The van der Waals surface area contributed by atoms with Gasteiger partial charge in [-0.15, -0.1) is 0 Å². The van der Waals surface area contributed by atoms with Crippen LogP contribution >= 0.6 is 0 Å². The number of piperidine rings is 1. The van der Waals surface area contributed by atoms with E-state index in [2.05, 4.69) is 5.32 Å². The number of rotatable bonds is 6. The summed E-state index contributed by atoms with van der Waals surface area (Å²) in [6.45, 7) is 0.126. The van der Waals surface area contributed by atoms with Crippen molar-refractivity contribution in [3.63, 3.8) is 0 Å². The van der Waals surface area contributed by atoms with E-state index in [0.29, 0.717) is 0 Å². The third-order valence-electron chi connectivity index (χ3n) is 4.39. The molecule has 0 unspecified atom stereocenters. The lowest BCUT2D eigenvalue weighted by atomic mass is 9.97. The molecule has 1 heterocycles. The fraction of sp³-hybridized carbons (Fsp3) is 0.529. The van der Waals surface area contributed by atoms with Gasteiger partial charge in [-0.05, 0) is 31.9 Å². The Morgan fingerprint density at radius 3 is 2.21 bits per heavy atom. The molecule has 0 aliphatic carbocycles. The van der Waals surface area contributed by atoms with Gasteiger partial charge < -0.3 is 10.6 Å². The summed E-state index contributed by atoms with van der Waals surface area (Å²) in [5.74, 6) is -1.92. The van der Waals surface area contributed by atoms with Crippen LogP contribution in [-0.4, -0.2) is 56.9 Å². The zero-order chi connectivity index (χ0) is 20.9. The molecular formula is C17H22F3N3O4S. The number of aryl methyl sites for hydroxylation is 1. The Balaban J connectivity index is 1.82. The first-order valence-corrected chi connectivity index (χ1v) is 10.1.